The molecule has 0 radical (unpaired) electrons. The van der Waals surface area contributed by atoms with E-state index >= 15 is 0 Å². The van der Waals surface area contributed by atoms with E-state index in [2.05, 4.69) is 49.3 Å². The summed E-state index contributed by atoms with van der Waals surface area (Å²) in [7, 11) is 0. The summed E-state index contributed by atoms with van der Waals surface area (Å²) in [5, 5.41) is 17.2. The van der Waals surface area contributed by atoms with E-state index in [-0.39, 0.29) is 11.5 Å². The van der Waals surface area contributed by atoms with Gasteiger partial charge in [0.2, 0.25) is 0 Å². The van der Waals surface area contributed by atoms with Gasteiger partial charge in [-0.25, -0.2) is 4.98 Å². The summed E-state index contributed by atoms with van der Waals surface area (Å²) in [6.07, 6.45) is 1.38. The van der Waals surface area contributed by atoms with Gasteiger partial charge < -0.3 is 10.4 Å². The van der Waals surface area contributed by atoms with Gasteiger partial charge in [-0.1, -0.05) is 39.0 Å². The topological polar surface area (TPSA) is 45.2 Å². The lowest BCUT2D eigenvalue weighted by Gasteiger charge is -2.30. The third-order valence-electron chi connectivity index (χ3n) is 3.93. The zero-order chi connectivity index (χ0) is 15.0. The van der Waals surface area contributed by atoms with Crippen molar-refractivity contribution in [2.75, 3.05) is 5.32 Å². The van der Waals surface area contributed by atoms with Gasteiger partial charge in [0.25, 0.3) is 0 Å². The van der Waals surface area contributed by atoms with Crippen molar-refractivity contribution in [3.8, 4) is 0 Å². The molecule has 0 fully saturated rings. The highest BCUT2D eigenvalue weighted by atomic mass is 32.1. The van der Waals surface area contributed by atoms with Gasteiger partial charge in [0.05, 0.1) is 16.7 Å². The molecule has 0 aliphatic carbocycles. The van der Waals surface area contributed by atoms with Crippen LogP contribution in [0.4, 0.5) is 5.69 Å². The Balaban J connectivity index is 1.77. The van der Waals surface area contributed by atoms with Gasteiger partial charge in [-0.3, -0.25) is 0 Å². The lowest BCUT2D eigenvalue weighted by molar-refractivity contribution is 0.145. The first kappa shape index (κ1) is 14.5. The molecular weight excluding hydrogens is 280 g/mol. The van der Waals surface area contributed by atoms with Gasteiger partial charge in [-0.2, -0.15) is 0 Å². The highest BCUT2D eigenvalue weighted by molar-refractivity contribution is 7.09. The Morgan fingerprint density at radius 1 is 1.33 bits per heavy atom. The van der Waals surface area contributed by atoms with E-state index in [0.29, 0.717) is 0 Å². The predicted molar refractivity (Wildman–Crippen MR) is 87.9 cm³/mol. The van der Waals surface area contributed by atoms with Crippen LogP contribution in [0.2, 0.25) is 0 Å². The molecule has 2 atom stereocenters. The maximum atomic E-state index is 10.6. The van der Waals surface area contributed by atoms with Crippen molar-refractivity contribution < 1.29 is 5.11 Å². The monoisotopic (exact) mass is 302 g/mol. The Hall–Kier alpha value is -1.39. The van der Waals surface area contributed by atoms with E-state index in [1.165, 1.54) is 5.56 Å². The van der Waals surface area contributed by atoms with Crippen LogP contribution in [0.1, 0.15) is 49.6 Å². The number of para-hydroxylation sites is 1. The SMILES string of the molecule is CC(C)(C)c1nc(C(O)C2CCc3ccccc3N2)cs1. The van der Waals surface area contributed by atoms with Crippen LogP contribution in [0.5, 0.6) is 0 Å². The van der Waals surface area contributed by atoms with E-state index in [1.807, 2.05) is 11.4 Å². The van der Waals surface area contributed by atoms with E-state index in [4.69, 9.17) is 0 Å². The number of aliphatic hydroxyl groups excluding tert-OH is 1. The Kier molecular flexibility index (Phi) is 3.76. The molecule has 3 rings (SSSR count). The minimum absolute atomic E-state index is 0.0369. The van der Waals surface area contributed by atoms with Crippen molar-refractivity contribution in [2.45, 2.75) is 51.2 Å². The molecular formula is C17H22N2OS. The Labute approximate surface area is 130 Å². The number of nitrogens with zero attached hydrogens (tertiary/aromatic N) is 1. The zero-order valence-corrected chi connectivity index (χ0v) is 13.6. The van der Waals surface area contributed by atoms with Gasteiger partial charge in [0.1, 0.15) is 6.10 Å². The van der Waals surface area contributed by atoms with Crippen molar-refractivity contribution in [3.05, 3.63) is 45.9 Å². The van der Waals surface area contributed by atoms with Crippen LogP contribution in [-0.4, -0.2) is 16.1 Å². The molecule has 4 heteroatoms. The van der Waals surface area contributed by atoms with Crippen molar-refractivity contribution in [3.63, 3.8) is 0 Å². The second kappa shape index (κ2) is 5.43. The molecule has 1 aromatic carbocycles. The molecule has 0 saturated heterocycles. The maximum Gasteiger partial charge on any atom is 0.117 e. The smallest absolute Gasteiger partial charge is 0.117 e. The lowest BCUT2D eigenvalue weighted by atomic mass is 9.94. The third-order valence-corrected chi connectivity index (χ3v) is 5.22. The zero-order valence-electron chi connectivity index (χ0n) is 12.8. The Morgan fingerprint density at radius 2 is 2.10 bits per heavy atom. The molecule has 2 unspecified atom stereocenters. The van der Waals surface area contributed by atoms with Crippen molar-refractivity contribution in [1.82, 2.24) is 4.98 Å². The Morgan fingerprint density at radius 3 is 2.81 bits per heavy atom. The van der Waals surface area contributed by atoms with Crippen LogP contribution in [0, 0.1) is 0 Å². The number of fused-ring (bicyclic) bond motifs is 1. The minimum Gasteiger partial charge on any atom is -0.385 e. The van der Waals surface area contributed by atoms with Crippen LogP contribution in [0.15, 0.2) is 29.6 Å². The lowest BCUT2D eigenvalue weighted by Crippen LogP contribution is -2.32. The number of aryl methyl sites for hydroxylation is 1. The molecule has 0 amide bonds. The van der Waals surface area contributed by atoms with Gasteiger partial charge in [-0.05, 0) is 24.5 Å². The van der Waals surface area contributed by atoms with Crippen LogP contribution < -0.4 is 5.32 Å². The van der Waals surface area contributed by atoms with Crippen molar-refractivity contribution in [2.24, 2.45) is 0 Å². The van der Waals surface area contributed by atoms with Crippen LogP contribution in [0.25, 0.3) is 0 Å². The number of aliphatic hydroxyl groups is 1. The number of anilines is 1. The van der Waals surface area contributed by atoms with Gasteiger partial charge in [-0.15, -0.1) is 11.3 Å². The van der Waals surface area contributed by atoms with Crippen LogP contribution in [0.3, 0.4) is 0 Å². The molecule has 2 N–H and O–H groups in total. The van der Waals surface area contributed by atoms with E-state index in [9.17, 15) is 5.11 Å². The van der Waals surface area contributed by atoms with Gasteiger partial charge in [0, 0.05) is 16.5 Å². The molecule has 3 nitrogen and oxygen atoms in total. The third kappa shape index (κ3) is 2.97. The quantitative estimate of drug-likeness (QED) is 0.884. The number of hydrogen-bond donors (Lipinski definition) is 2. The fraction of sp³-hybridized carbons (Fsp3) is 0.471. The van der Waals surface area contributed by atoms with Gasteiger partial charge in [0.15, 0.2) is 0 Å². The average molecular weight is 302 g/mol. The van der Waals surface area contributed by atoms with Crippen molar-refractivity contribution in [1.29, 1.82) is 0 Å². The standard InChI is InChI=1S/C17H22N2OS/c1-17(2,3)16-19-14(10-21-16)15(20)13-9-8-11-6-4-5-7-12(11)18-13/h4-7,10,13,15,18,20H,8-9H2,1-3H3. The first-order chi connectivity index (χ1) is 9.95. The summed E-state index contributed by atoms with van der Waals surface area (Å²) in [6.45, 7) is 6.45. The molecule has 112 valence electrons. The molecule has 1 aromatic heterocycles. The fourth-order valence-electron chi connectivity index (χ4n) is 2.67. The van der Waals surface area contributed by atoms with Crippen LogP contribution >= 0.6 is 11.3 Å². The summed E-state index contributed by atoms with van der Waals surface area (Å²) in [4.78, 5) is 4.64. The first-order valence-electron chi connectivity index (χ1n) is 7.43. The molecule has 0 spiro atoms. The number of rotatable bonds is 2. The summed E-state index contributed by atoms with van der Waals surface area (Å²) in [5.41, 5.74) is 3.30. The van der Waals surface area contributed by atoms with Crippen molar-refractivity contribution >= 4 is 17.0 Å². The number of thiazole rings is 1. The minimum atomic E-state index is -0.550. The molecule has 21 heavy (non-hydrogen) atoms. The summed E-state index contributed by atoms with van der Waals surface area (Å²) >= 11 is 1.64. The number of hydrogen-bond acceptors (Lipinski definition) is 4. The fourth-order valence-corrected chi connectivity index (χ4v) is 3.61. The molecule has 2 aromatic rings. The highest BCUT2D eigenvalue weighted by Crippen LogP contribution is 2.33. The molecule has 2 heterocycles. The predicted octanol–water partition coefficient (Wildman–Crippen LogP) is 3.90. The number of aromatic nitrogens is 1. The average Bonchev–Trinajstić information content (AvgIpc) is 2.96. The molecule has 0 saturated carbocycles. The Bertz CT molecular complexity index is 630. The summed E-state index contributed by atoms with van der Waals surface area (Å²) in [6, 6.07) is 8.35. The number of nitrogens with one attached hydrogen (secondary N) is 1. The second-order valence-electron chi connectivity index (χ2n) is 6.72. The summed E-state index contributed by atoms with van der Waals surface area (Å²) in [5.74, 6) is 0. The normalized spacial score (nSPS) is 19.7. The first-order valence-corrected chi connectivity index (χ1v) is 8.31. The second-order valence-corrected chi connectivity index (χ2v) is 7.58. The summed E-state index contributed by atoms with van der Waals surface area (Å²) < 4.78 is 0. The van der Waals surface area contributed by atoms with Crippen LogP contribution in [-0.2, 0) is 11.8 Å². The molecule has 0 bridgehead atoms. The van der Waals surface area contributed by atoms with E-state index < -0.39 is 6.10 Å². The highest BCUT2D eigenvalue weighted by Gasteiger charge is 2.28. The number of benzene rings is 1. The van der Waals surface area contributed by atoms with E-state index in [0.717, 1.165) is 29.2 Å². The largest absolute Gasteiger partial charge is 0.385 e. The molecule has 1 aliphatic heterocycles. The maximum absolute atomic E-state index is 10.6. The van der Waals surface area contributed by atoms with E-state index in [1.54, 1.807) is 11.3 Å². The molecule has 1 aliphatic rings. The van der Waals surface area contributed by atoms with Gasteiger partial charge >= 0.3 is 0 Å².